The average molecular weight is 352 g/mol. The van der Waals surface area contributed by atoms with Crippen LogP contribution in [0.4, 0.5) is 0 Å². The number of methoxy groups -OCH3 is 1. The van der Waals surface area contributed by atoms with Crippen LogP contribution in [0, 0.1) is 0 Å². The third-order valence-corrected chi connectivity index (χ3v) is 4.17. The molecule has 0 fully saturated rings. The summed E-state index contributed by atoms with van der Waals surface area (Å²) in [6.45, 7) is 3.08. The molecular formula is C16H22BrN3O. The van der Waals surface area contributed by atoms with Crippen molar-refractivity contribution in [2.45, 2.75) is 32.4 Å². The van der Waals surface area contributed by atoms with Crippen LogP contribution in [-0.2, 0) is 13.0 Å². The number of aryl methyl sites for hydroxylation is 1. The van der Waals surface area contributed by atoms with Crippen LogP contribution >= 0.6 is 15.9 Å². The molecule has 0 radical (unpaired) electrons. The molecular weight excluding hydrogens is 330 g/mol. The number of hydrogen-bond acceptors (Lipinski definition) is 3. The zero-order chi connectivity index (χ0) is 15.2. The summed E-state index contributed by atoms with van der Waals surface area (Å²) >= 11 is 3.62. The number of hydrogen-bond donors (Lipinski definition) is 1. The lowest BCUT2D eigenvalue weighted by atomic mass is 10.0. The number of nitrogens with zero attached hydrogens (tertiary/aromatic N) is 2. The maximum absolute atomic E-state index is 5.45. The van der Waals surface area contributed by atoms with Crippen molar-refractivity contribution in [1.82, 2.24) is 15.1 Å². The van der Waals surface area contributed by atoms with E-state index >= 15 is 0 Å². The molecule has 114 valence electrons. The van der Waals surface area contributed by atoms with Gasteiger partial charge in [0, 0.05) is 6.54 Å². The lowest BCUT2D eigenvalue weighted by molar-refractivity contribution is 0.404. The molecule has 1 unspecified atom stereocenters. The van der Waals surface area contributed by atoms with Crippen molar-refractivity contribution in [2.24, 2.45) is 0 Å². The summed E-state index contributed by atoms with van der Waals surface area (Å²) in [6.07, 6.45) is 3.79. The number of aromatic nitrogens is 2. The second-order valence-electron chi connectivity index (χ2n) is 4.96. The van der Waals surface area contributed by atoms with Crippen molar-refractivity contribution >= 4 is 15.9 Å². The maximum atomic E-state index is 5.45. The molecule has 0 spiro atoms. The van der Waals surface area contributed by atoms with Gasteiger partial charge >= 0.3 is 0 Å². The highest BCUT2D eigenvalue weighted by molar-refractivity contribution is 9.10. The number of ether oxygens (including phenoxy) is 1. The summed E-state index contributed by atoms with van der Waals surface area (Å²) in [5, 5.41) is 7.85. The van der Waals surface area contributed by atoms with Gasteiger partial charge in [0.25, 0.3) is 0 Å². The molecule has 2 aromatic rings. The quantitative estimate of drug-likeness (QED) is 0.828. The van der Waals surface area contributed by atoms with Gasteiger partial charge in [-0.25, -0.2) is 0 Å². The van der Waals surface area contributed by atoms with E-state index < -0.39 is 0 Å². The predicted molar refractivity (Wildman–Crippen MR) is 88.7 cm³/mol. The van der Waals surface area contributed by atoms with Gasteiger partial charge in [0.1, 0.15) is 5.75 Å². The van der Waals surface area contributed by atoms with E-state index in [1.165, 1.54) is 11.3 Å². The van der Waals surface area contributed by atoms with E-state index in [0.29, 0.717) is 0 Å². The molecule has 1 atom stereocenters. The Bertz CT molecular complexity index is 583. The Morgan fingerprint density at radius 3 is 2.81 bits per heavy atom. The average Bonchev–Trinajstić information content (AvgIpc) is 2.86. The van der Waals surface area contributed by atoms with Gasteiger partial charge in [-0.2, -0.15) is 5.10 Å². The van der Waals surface area contributed by atoms with Gasteiger partial charge in [0.05, 0.1) is 29.5 Å². The van der Waals surface area contributed by atoms with Crippen molar-refractivity contribution in [1.29, 1.82) is 0 Å². The Morgan fingerprint density at radius 1 is 1.38 bits per heavy atom. The first kappa shape index (κ1) is 16.0. The first-order valence-electron chi connectivity index (χ1n) is 7.21. The van der Waals surface area contributed by atoms with E-state index in [9.17, 15) is 0 Å². The molecule has 0 saturated carbocycles. The van der Waals surface area contributed by atoms with Gasteiger partial charge in [0.2, 0.25) is 0 Å². The topological polar surface area (TPSA) is 39.1 Å². The molecule has 0 amide bonds. The largest absolute Gasteiger partial charge is 0.496 e. The Labute approximate surface area is 134 Å². The third-order valence-electron chi connectivity index (χ3n) is 3.56. The molecule has 0 aliphatic heterocycles. The zero-order valence-electron chi connectivity index (χ0n) is 12.8. The number of nitrogens with one attached hydrogen (secondary N) is 1. The van der Waals surface area contributed by atoms with E-state index in [-0.39, 0.29) is 6.04 Å². The minimum atomic E-state index is 0.185. The molecule has 1 heterocycles. The molecule has 1 aromatic heterocycles. The smallest absolute Gasteiger partial charge is 0.122 e. The van der Waals surface area contributed by atoms with E-state index in [1.54, 1.807) is 7.11 Å². The molecule has 1 aromatic carbocycles. The molecule has 1 N–H and O–H groups in total. The summed E-state index contributed by atoms with van der Waals surface area (Å²) in [4.78, 5) is 0. The van der Waals surface area contributed by atoms with E-state index in [2.05, 4.69) is 44.0 Å². The first-order valence-corrected chi connectivity index (χ1v) is 8.00. The van der Waals surface area contributed by atoms with Gasteiger partial charge in [-0.1, -0.05) is 25.1 Å². The lowest BCUT2D eigenvalue weighted by Crippen LogP contribution is -2.23. The summed E-state index contributed by atoms with van der Waals surface area (Å²) in [6, 6.07) is 8.33. The Kier molecular flexibility index (Phi) is 5.82. The van der Waals surface area contributed by atoms with Crippen molar-refractivity contribution in [3.05, 3.63) is 46.2 Å². The van der Waals surface area contributed by atoms with E-state index in [0.717, 1.165) is 29.6 Å². The maximum Gasteiger partial charge on any atom is 0.122 e. The molecule has 21 heavy (non-hydrogen) atoms. The van der Waals surface area contributed by atoms with Crippen LogP contribution in [0.2, 0.25) is 0 Å². The molecule has 0 saturated heterocycles. The zero-order valence-corrected chi connectivity index (χ0v) is 14.4. The second-order valence-corrected chi connectivity index (χ2v) is 5.81. The minimum absolute atomic E-state index is 0.185. The van der Waals surface area contributed by atoms with E-state index in [4.69, 9.17) is 4.74 Å². The molecule has 2 rings (SSSR count). The Morgan fingerprint density at radius 2 is 2.14 bits per heavy atom. The summed E-state index contributed by atoms with van der Waals surface area (Å²) < 4.78 is 8.57. The fraction of sp³-hybridized carbons (Fsp3) is 0.438. The van der Waals surface area contributed by atoms with Gasteiger partial charge in [0.15, 0.2) is 0 Å². The summed E-state index contributed by atoms with van der Waals surface area (Å²) in [5.74, 6) is 0.926. The van der Waals surface area contributed by atoms with Crippen LogP contribution in [0.1, 0.15) is 30.6 Å². The highest BCUT2D eigenvalue weighted by Gasteiger charge is 2.20. The number of benzene rings is 1. The number of likely N-dealkylation sites (N-methyl/N-ethyl adjacent to an activating group) is 1. The second kappa shape index (κ2) is 7.61. The Balaban J connectivity index is 2.30. The van der Waals surface area contributed by atoms with Crippen LogP contribution in [0.25, 0.3) is 0 Å². The monoisotopic (exact) mass is 351 g/mol. The SMILES string of the molecule is CCCn1ncc(Br)c1C(Cc1ccccc1OC)NC. The van der Waals surface area contributed by atoms with Crippen molar-refractivity contribution in [3.8, 4) is 5.75 Å². The number of para-hydroxylation sites is 1. The van der Waals surface area contributed by atoms with Gasteiger partial charge in [-0.3, -0.25) is 4.68 Å². The van der Waals surface area contributed by atoms with Crippen LogP contribution in [0.15, 0.2) is 34.9 Å². The summed E-state index contributed by atoms with van der Waals surface area (Å²) in [7, 11) is 3.69. The van der Waals surface area contributed by atoms with Crippen LogP contribution in [-0.4, -0.2) is 23.9 Å². The lowest BCUT2D eigenvalue weighted by Gasteiger charge is -2.20. The minimum Gasteiger partial charge on any atom is -0.496 e. The normalized spacial score (nSPS) is 12.4. The highest BCUT2D eigenvalue weighted by Crippen LogP contribution is 2.29. The van der Waals surface area contributed by atoms with Gasteiger partial charge in [-0.05, 0) is 47.4 Å². The van der Waals surface area contributed by atoms with E-state index in [1.807, 2.05) is 31.4 Å². The highest BCUT2D eigenvalue weighted by atomic mass is 79.9. The summed E-state index contributed by atoms with van der Waals surface area (Å²) in [5.41, 5.74) is 2.38. The first-order chi connectivity index (χ1) is 10.2. The van der Waals surface area contributed by atoms with Gasteiger partial charge in [-0.15, -0.1) is 0 Å². The van der Waals surface area contributed by atoms with Crippen LogP contribution < -0.4 is 10.1 Å². The predicted octanol–water partition coefficient (Wildman–Crippen LogP) is 3.57. The van der Waals surface area contributed by atoms with Crippen LogP contribution in [0.5, 0.6) is 5.75 Å². The Hall–Kier alpha value is -1.33. The van der Waals surface area contributed by atoms with Gasteiger partial charge < -0.3 is 10.1 Å². The molecule has 4 nitrogen and oxygen atoms in total. The molecule has 0 aliphatic carbocycles. The van der Waals surface area contributed by atoms with Crippen molar-refractivity contribution < 1.29 is 4.74 Å². The fourth-order valence-electron chi connectivity index (χ4n) is 2.54. The third kappa shape index (κ3) is 3.66. The standard InChI is InChI=1S/C16H22BrN3O/c1-4-9-20-16(13(17)11-19-20)14(18-2)10-12-7-5-6-8-15(12)21-3/h5-8,11,14,18H,4,9-10H2,1-3H3. The van der Waals surface area contributed by atoms with Crippen molar-refractivity contribution in [2.75, 3.05) is 14.2 Å². The van der Waals surface area contributed by atoms with Crippen molar-refractivity contribution in [3.63, 3.8) is 0 Å². The fourth-order valence-corrected chi connectivity index (χ4v) is 3.11. The van der Waals surface area contributed by atoms with Crippen LogP contribution in [0.3, 0.4) is 0 Å². The molecule has 0 aliphatic rings. The molecule has 5 heteroatoms. The number of rotatable bonds is 7. The molecule has 0 bridgehead atoms. The number of halogens is 1.